The van der Waals surface area contributed by atoms with Crippen molar-refractivity contribution in [3.8, 4) is 0 Å². The van der Waals surface area contributed by atoms with Gasteiger partial charge in [-0.3, -0.25) is 0 Å². The second-order valence-corrected chi connectivity index (χ2v) is 5.85. The molecular formula is C14H28N2. The molecule has 2 nitrogen and oxygen atoms in total. The Morgan fingerprint density at radius 1 is 1.06 bits per heavy atom. The molecule has 0 radical (unpaired) electrons. The molecule has 0 unspecified atom stereocenters. The predicted octanol–water partition coefficient (Wildman–Crippen LogP) is 2.64. The molecule has 0 bridgehead atoms. The van der Waals surface area contributed by atoms with E-state index in [0.29, 0.717) is 0 Å². The monoisotopic (exact) mass is 224 g/mol. The average molecular weight is 224 g/mol. The summed E-state index contributed by atoms with van der Waals surface area (Å²) in [5, 5.41) is 3.58. The van der Waals surface area contributed by atoms with Crippen LogP contribution in [-0.2, 0) is 0 Å². The molecule has 1 N–H and O–H groups in total. The Balaban J connectivity index is 1.35. The Labute approximate surface area is 101 Å². The smallest absolute Gasteiger partial charge is 0.00682 e. The summed E-state index contributed by atoms with van der Waals surface area (Å²) < 4.78 is 0. The van der Waals surface area contributed by atoms with Crippen molar-refractivity contribution < 1.29 is 0 Å². The van der Waals surface area contributed by atoms with Gasteiger partial charge < -0.3 is 10.2 Å². The predicted molar refractivity (Wildman–Crippen MR) is 69.7 cm³/mol. The Hall–Kier alpha value is -0.0800. The number of rotatable bonds is 9. The standard InChI is InChI=1S/C14H28N2/c1-16(12-13-6-5-7-13)11-4-2-3-10-15-14-8-9-14/h13-15H,2-12H2,1H3. The van der Waals surface area contributed by atoms with E-state index in [2.05, 4.69) is 17.3 Å². The van der Waals surface area contributed by atoms with Crippen LogP contribution in [0.4, 0.5) is 0 Å². The zero-order valence-corrected chi connectivity index (χ0v) is 10.9. The summed E-state index contributed by atoms with van der Waals surface area (Å²) >= 11 is 0. The third-order valence-electron chi connectivity index (χ3n) is 4.02. The van der Waals surface area contributed by atoms with Crippen molar-refractivity contribution in [2.45, 2.75) is 57.4 Å². The fourth-order valence-electron chi connectivity index (χ4n) is 2.48. The Morgan fingerprint density at radius 2 is 1.88 bits per heavy atom. The van der Waals surface area contributed by atoms with E-state index in [-0.39, 0.29) is 0 Å². The summed E-state index contributed by atoms with van der Waals surface area (Å²) in [5.41, 5.74) is 0. The molecule has 94 valence electrons. The minimum Gasteiger partial charge on any atom is -0.314 e. The van der Waals surface area contributed by atoms with E-state index in [0.717, 1.165) is 12.0 Å². The van der Waals surface area contributed by atoms with Crippen LogP contribution in [0.15, 0.2) is 0 Å². The summed E-state index contributed by atoms with van der Waals surface area (Å²) in [7, 11) is 2.29. The van der Waals surface area contributed by atoms with Crippen molar-refractivity contribution in [1.82, 2.24) is 10.2 Å². The van der Waals surface area contributed by atoms with E-state index in [1.807, 2.05) is 0 Å². The molecule has 2 aliphatic carbocycles. The highest BCUT2D eigenvalue weighted by atomic mass is 15.1. The van der Waals surface area contributed by atoms with E-state index >= 15 is 0 Å². The van der Waals surface area contributed by atoms with Gasteiger partial charge in [0.15, 0.2) is 0 Å². The molecule has 2 rings (SSSR count). The first-order valence-electron chi connectivity index (χ1n) is 7.26. The summed E-state index contributed by atoms with van der Waals surface area (Å²) in [5.74, 6) is 1.03. The van der Waals surface area contributed by atoms with Crippen LogP contribution in [0, 0.1) is 5.92 Å². The van der Waals surface area contributed by atoms with E-state index in [9.17, 15) is 0 Å². The zero-order valence-electron chi connectivity index (χ0n) is 10.9. The van der Waals surface area contributed by atoms with E-state index in [1.54, 1.807) is 0 Å². The Bertz CT molecular complexity index is 185. The molecule has 2 saturated carbocycles. The van der Waals surface area contributed by atoms with Gasteiger partial charge in [-0.2, -0.15) is 0 Å². The molecule has 0 atom stereocenters. The summed E-state index contributed by atoms with van der Waals surface area (Å²) in [6.07, 6.45) is 11.4. The molecule has 0 amide bonds. The topological polar surface area (TPSA) is 15.3 Å². The molecule has 0 aromatic carbocycles. The molecule has 2 heteroatoms. The number of hydrogen-bond donors (Lipinski definition) is 1. The van der Waals surface area contributed by atoms with Crippen LogP contribution in [0.1, 0.15) is 51.4 Å². The maximum atomic E-state index is 3.58. The van der Waals surface area contributed by atoms with Crippen molar-refractivity contribution in [2.75, 3.05) is 26.7 Å². The third kappa shape index (κ3) is 4.84. The molecule has 2 fully saturated rings. The van der Waals surface area contributed by atoms with Crippen LogP contribution < -0.4 is 5.32 Å². The molecule has 0 spiro atoms. The normalized spacial score (nSPS) is 21.4. The Kier molecular flexibility index (Phi) is 5.11. The molecule has 0 aromatic heterocycles. The van der Waals surface area contributed by atoms with Gasteiger partial charge in [0.1, 0.15) is 0 Å². The first-order chi connectivity index (χ1) is 7.84. The lowest BCUT2D eigenvalue weighted by Gasteiger charge is -2.30. The fourth-order valence-corrected chi connectivity index (χ4v) is 2.48. The van der Waals surface area contributed by atoms with Gasteiger partial charge in [0.25, 0.3) is 0 Å². The molecule has 0 aliphatic heterocycles. The maximum Gasteiger partial charge on any atom is 0.00682 e. The second-order valence-electron chi connectivity index (χ2n) is 5.85. The van der Waals surface area contributed by atoms with Crippen molar-refractivity contribution in [2.24, 2.45) is 5.92 Å². The van der Waals surface area contributed by atoms with Gasteiger partial charge in [-0.1, -0.05) is 12.8 Å². The average Bonchev–Trinajstić information content (AvgIpc) is 3.01. The molecular weight excluding hydrogens is 196 g/mol. The molecule has 16 heavy (non-hydrogen) atoms. The van der Waals surface area contributed by atoms with E-state index in [4.69, 9.17) is 0 Å². The maximum absolute atomic E-state index is 3.58. The fraction of sp³-hybridized carbons (Fsp3) is 1.00. The number of hydrogen-bond acceptors (Lipinski definition) is 2. The number of nitrogens with zero attached hydrogens (tertiary/aromatic N) is 1. The number of unbranched alkanes of at least 4 members (excludes halogenated alkanes) is 2. The minimum absolute atomic E-state index is 0.890. The first kappa shape index (κ1) is 12.4. The van der Waals surface area contributed by atoms with Crippen molar-refractivity contribution in [1.29, 1.82) is 0 Å². The minimum atomic E-state index is 0.890. The highest BCUT2D eigenvalue weighted by Crippen LogP contribution is 2.26. The highest BCUT2D eigenvalue weighted by molar-refractivity contribution is 4.80. The van der Waals surface area contributed by atoms with Gasteiger partial charge in [0.05, 0.1) is 0 Å². The number of nitrogens with one attached hydrogen (secondary N) is 1. The zero-order chi connectivity index (χ0) is 11.2. The van der Waals surface area contributed by atoms with Crippen LogP contribution in [0.25, 0.3) is 0 Å². The van der Waals surface area contributed by atoms with Gasteiger partial charge in [-0.25, -0.2) is 0 Å². The Morgan fingerprint density at radius 3 is 2.50 bits per heavy atom. The lowest BCUT2D eigenvalue weighted by Crippen LogP contribution is -2.30. The highest BCUT2D eigenvalue weighted by Gasteiger charge is 2.19. The van der Waals surface area contributed by atoms with Gasteiger partial charge in [0, 0.05) is 12.6 Å². The van der Waals surface area contributed by atoms with Crippen LogP contribution in [0.3, 0.4) is 0 Å². The summed E-state index contributed by atoms with van der Waals surface area (Å²) in [6.45, 7) is 3.90. The lowest BCUT2D eigenvalue weighted by atomic mass is 9.85. The van der Waals surface area contributed by atoms with Crippen molar-refractivity contribution in [3.05, 3.63) is 0 Å². The second kappa shape index (κ2) is 6.61. The van der Waals surface area contributed by atoms with Crippen LogP contribution >= 0.6 is 0 Å². The van der Waals surface area contributed by atoms with Crippen LogP contribution in [0.5, 0.6) is 0 Å². The first-order valence-corrected chi connectivity index (χ1v) is 7.26. The van der Waals surface area contributed by atoms with Gasteiger partial charge in [-0.05, 0) is 64.6 Å². The van der Waals surface area contributed by atoms with Crippen molar-refractivity contribution >= 4 is 0 Å². The van der Waals surface area contributed by atoms with Crippen molar-refractivity contribution in [3.63, 3.8) is 0 Å². The van der Waals surface area contributed by atoms with Crippen LogP contribution in [-0.4, -0.2) is 37.6 Å². The van der Waals surface area contributed by atoms with Gasteiger partial charge >= 0.3 is 0 Å². The molecule has 0 saturated heterocycles. The quantitative estimate of drug-likeness (QED) is 0.606. The summed E-state index contributed by atoms with van der Waals surface area (Å²) in [4.78, 5) is 2.54. The van der Waals surface area contributed by atoms with Crippen LogP contribution in [0.2, 0.25) is 0 Å². The van der Waals surface area contributed by atoms with E-state index < -0.39 is 0 Å². The molecule has 0 heterocycles. The summed E-state index contributed by atoms with van der Waals surface area (Å²) in [6, 6.07) is 0.890. The SMILES string of the molecule is CN(CCCCCNC1CC1)CC1CCC1. The van der Waals surface area contributed by atoms with Gasteiger partial charge in [0.2, 0.25) is 0 Å². The van der Waals surface area contributed by atoms with Gasteiger partial charge in [-0.15, -0.1) is 0 Å². The van der Waals surface area contributed by atoms with E-state index in [1.165, 1.54) is 71.0 Å². The largest absolute Gasteiger partial charge is 0.314 e. The lowest BCUT2D eigenvalue weighted by molar-refractivity contribution is 0.203. The molecule has 2 aliphatic rings. The third-order valence-corrected chi connectivity index (χ3v) is 4.02. The molecule has 0 aromatic rings.